The van der Waals surface area contributed by atoms with E-state index >= 15 is 0 Å². The first-order valence-corrected chi connectivity index (χ1v) is 13.8. The first-order valence-electron chi connectivity index (χ1n) is 13.8. The normalized spacial score (nSPS) is 11.9. The van der Waals surface area contributed by atoms with Crippen LogP contribution in [0.1, 0.15) is 0 Å². The summed E-state index contributed by atoms with van der Waals surface area (Å²) in [5.41, 5.74) is 6.71. The van der Waals surface area contributed by atoms with Crippen LogP contribution in [0, 0.1) is 0 Å². The molecular formula is C38H23NO2. The van der Waals surface area contributed by atoms with E-state index in [1.807, 2.05) is 24.3 Å². The van der Waals surface area contributed by atoms with Gasteiger partial charge in [-0.15, -0.1) is 0 Å². The molecule has 0 unspecified atom stereocenters. The molecule has 3 heteroatoms. The van der Waals surface area contributed by atoms with Crippen LogP contribution in [-0.4, -0.2) is 0 Å². The molecule has 0 fully saturated rings. The molecular weight excluding hydrogens is 502 g/mol. The fourth-order valence-electron chi connectivity index (χ4n) is 6.29. The van der Waals surface area contributed by atoms with Crippen molar-refractivity contribution >= 4 is 82.5 Å². The van der Waals surface area contributed by atoms with Gasteiger partial charge in [0.05, 0.1) is 0 Å². The summed E-state index contributed by atoms with van der Waals surface area (Å²) >= 11 is 0. The van der Waals surface area contributed by atoms with Gasteiger partial charge in [0.2, 0.25) is 0 Å². The number of rotatable bonds is 3. The van der Waals surface area contributed by atoms with Crippen LogP contribution in [0.25, 0.3) is 65.4 Å². The molecule has 2 aromatic heterocycles. The minimum absolute atomic E-state index is 0.871. The van der Waals surface area contributed by atoms with E-state index in [4.69, 9.17) is 8.83 Å². The van der Waals surface area contributed by atoms with Crippen molar-refractivity contribution in [2.45, 2.75) is 0 Å². The minimum atomic E-state index is 0.871. The Hall–Kier alpha value is -5.54. The predicted octanol–water partition coefficient (Wildman–Crippen LogP) is 11.3. The number of benzene rings is 7. The zero-order valence-electron chi connectivity index (χ0n) is 22.0. The standard InChI is InChI=1S/C38H23NO2/c1-2-8-29-24(7-1)13-14-25-21-26(15-18-30(25)29)39(27-17-20-37-34(22-27)32-10-4-6-12-36(32)40-37)28-16-19-33-31-9-3-5-11-35(31)41-38(33)23-28/h1-23H. The molecule has 2 heterocycles. The van der Waals surface area contributed by atoms with Crippen molar-refractivity contribution in [2.24, 2.45) is 0 Å². The van der Waals surface area contributed by atoms with Crippen molar-refractivity contribution in [3.05, 3.63) is 140 Å². The van der Waals surface area contributed by atoms with Gasteiger partial charge in [0.15, 0.2) is 0 Å². The summed E-state index contributed by atoms with van der Waals surface area (Å²) in [6.07, 6.45) is 0. The molecule has 0 saturated carbocycles. The quantitative estimate of drug-likeness (QED) is 0.215. The van der Waals surface area contributed by atoms with Gasteiger partial charge in [-0.25, -0.2) is 0 Å². The first kappa shape index (κ1) is 22.3. The van der Waals surface area contributed by atoms with Crippen molar-refractivity contribution in [3.8, 4) is 0 Å². The van der Waals surface area contributed by atoms with Crippen LogP contribution in [-0.2, 0) is 0 Å². The summed E-state index contributed by atoms with van der Waals surface area (Å²) in [7, 11) is 0. The molecule has 0 atom stereocenters. The largest absolute Gasteiger partial charge is 0.456 e. The molecule has 192 valence electrons. The van der Waals surface area contributed by atoms with Crippen LogP contribution in [0.15, 0.2) is 148 Å². The van der Waals surface area contributed by atoms with E-state index in [0.717, 1.165) is 60.9 Å². The monoisotopic (exact) mass is 525 g/mol. The van der Waals surface area contributed by atoms with Gasteiger partial charge in [0.25, 0.3) is 0 Å². The third kappa shape index (κ3) is 3.39. The first-order chi connectivity index (χ1) is 20.3. The van der Waals surface area contributed by atoms with E-state index < -0.39 is 0 Å². The van der Waals surface area contributed by atoms with Crippen molar-refractivity contribution in [1.29, 1.82) is 0 Å². The molecule has 0 saturated heterocycles. The minimum Gasteiger partial charge on any atom is -0.456 e. The average molecular weight is 526 g/mol. The van der Waals surface area contributed by atoms with Crippen molar-refractivity contribution in [2.75, 3.05) is 4.90 Å². The highest BCUT2D eigenvalue weighted by Gasteiger charge is 2.18. The molecule has 3 nitrogen and oxygen atoms in total. The van der Waals surface area contributed by atoms with Crippen LogP contribution < -0.4 is 4.90 Å². The van der Waals surface area contributed by atoms with Crippen LogP contribution in [0.3, 0.4) is 0 Å². The van der Waals surface area contributed by atoms with Gasteiger partial charge < -0.3 is 13.7 Å². The van der Waals surface area contributed by atoms with E-state index in [0.29, 0.717) is 0 Å². The summed E-state index contributed by atoms with van der Waals surface area (Å²) in [6, 6.07) is 49.1. The maximum absolute atomic E-state index is 6.31. The van der Waals surface area contributed by atoms with Crippen LogP contribution in [0.4, 0.5) is 17.1 Å². The van der Waals surface area contributed by atoms with Gasteiger partial charge in [0, 0.05) is 44.7 Å². The molecule has 0 radical (unpaired) electrons. The number of fused-ring (bicyclic) bond motifs is 9. The van der Waals surface area contributed by atoms with Gasteiger partial charge in [-0.2, -0.15) is 0 Å². The van der Waals surface area contributed by atoms with Crippen LogP contribution in [0.5, 0.6) is 0 Å². The number of hydrogen-bond acceptors (Lipinski definition) is 3. The number of nitrogens with zero attached hydrogens (tertiary/aromatic N) is 1. The Morgan fingerprint density at radius 2 is 0.829 bits per heavy atom. The third-order valence-electron chi connectivity index (χ3n) is 8.23. The average Bonchev–Trinajstić information content (AvgIpc) is 3.59. The van der Waals surface area contributed by atoms with E-state index in [1.165, 1.54) is 21.5 Å². The fourth-order valence-corrected chi connectivity index (χ4v) is 6.29. The summed E-state index contributed by atoms with van der Waals surface area (Å²) in [6.45, 7) is 0. The van der Waals surface area contributed by atoms with Gasteiger partial charge in [-0.1, -0.05) is 78.9 Å². The zero-order valence-corrected chi connectivity index (χ0v) is 22.0. The third-order valence-corrected chi connectivity index (χ3v) is 8.23. The summed E-state index contributed by atoms with van der Waals surface area (Å²) in [5, 5.41) is 9.41. The molecule has 0 aliphatic carbocycles. The Balaban J connectivity index is 1.29. The molecule has 9 rings (SSSR count). The van der Waals surface area contributed by atoms with Crippen molar-refractivity contribution in [3.63, 3.8) is 0 Å². The SMILES string of the molecule is c1ccc2c(c1)ccc1cc(N(c3ccc4c(c3)oc3ccccc34)c3ccc4oc5ccccc5c4c3)ccc12. The Bertz CT molecular complexity index is 2450. The molecule has 7 aromatic carbocycles. The van der Waals surface area contributed by atoms with Gasteiger partial charge in [-0.05, 0) is 76.1 Å². The lowest BCUT2D eigenvalue weighted by atomic mass is 10.0. The van der Waals surface area contributed by atoms with Gasteiger partial charge in [0.1, 0.15) is 22.3 Å². The number of anilines is 3. The highest BCUT2D eigenvalue weighted by atomic mass is 16.3. The molecule has 0 N–H and O–H groups in total. The highest BCUT2D eigenvalue weighted by Crippen LogP contribution is 2.42. The second kappa shape index (κ2) is 8.48. The second-order valence-electron chi connectivity index (χ2n) is 10.6. The topological polar surface area (TPSA) is 29.5 Å². The van der Waals surface area contributed by atoms with Crippen molar-refractivity contribution in [1.82, 2.24) is 0 Å². The molecule has 9 aromatic rings. The number of furan rings is 2. The Morgan fingerprint density at radius 1 is 0.317 bits per heavy atom. The van der Waals surface area contributed by atoms with Crippen LogP contribution in [0.2, 0.25) is 0 Å². The lowest BCUT2D eigenvalue weighted by molar-refractivity contribution is 0.668. The van der Waals surface area contributed by atoms with Gasteiger partial charge >= 0.3 is 0 Å². The maximum Gasteiger partial charge on any atom is 0.137 e. The molecule has 41 heavy (non-hydrogen) atoms. The lowest BCUT2D eigenvalue weighted by Crippen LogP contribution is -2.09. The summed E-state index contributed by atoms with van der Waals surface area (Å²) in [5.74, 6) is 0. The Labute approximate surface area is 235 Å². The summed E-state index contributed by atoms with van der Waals surface area (Å²) < 4.78 is 12.5. The molecule has 0 spiro atoms. The zero-order chi connectivity index (χ0) is 26.9. The van der Waals surface area contributed by atoms with E-state index in [2.05, 4.69) is 120 Å². The van der Waals surface area contributed by atoms with Crippen LogP contribution >= 0.6 is 0 Å². The Morgan fingerprint density at radius 3 is 1.66 bits per heavy atom. The van der Waals surface area contributed by atoms with E-state index in [9.17, 15) is 0 Å². The molecule has 0 aliphatic rings. The fraction of sp³-hybridized carbons (Fsp3) is 0. The molecule has 0 amide bonds. The maximum atomic E-state index is 6.31. The van der Waals surface area contributed by atoms with E-state index in [-0.39, 0.29) is 0 Å². The second-order valence-corrected chi connectivity index (χ2v) is 10.6. The van der Waals surface area contributed by atoms with Crippen molar-refractivity contribution < 1.29 is 8.83 Å². The molecule has 0 aliphatic heterocycles. The highest BCUT2D eigenvalue weighted by molar-refractivity contribution is 6.10. The number of para-hydroxylation sites is 2. The summed E-state index contributed by atoms with van der Waals surface area (Å²) in [4.78, 5) is 2.31. The van der Waals surface area contributed by atoms with Gasteiger partial charge in [-0.3, -0.25) is 0 Å². The number of hydrogen-bond donors (Lipinski definition) is 0. The molecule has 0 bridgehead atoms. The van der Waals surface area contributed by atoms with E-state index in [1.54, 1.807) is 0 Å². The lowest BCUT2D eigenvalue weighted by Gasteiger charge is -2.26. The smallest absolute Gasteiger partial charge is 0.137 e. The Kier molecular flexibility index (Phi) is 4.61. The predicted molar refractivity (Wildman–Crippen MR) is 171 cm³/mol.